The second kappa shape index (κ2) is 5.63. The van der Waals surface area contributed by atoms with Crippen molar-refractivity contribution < 1.29 is 4.74 Å². The Hall–Kier alpha value is -1.05. The zero-order chi connectivity index (χ0) is 10.4. The first-order valence-electron chi connectivity index (χ1n) is 4.27. The molecule has 0 spiro atoms. The molecule has 0 aliphatic carbocycles. The summed E-state index contributed by atoms with van der Waals surface area (Å²) < 4.78 is 4.94. The van der Waals surface area contributed by atoms with E-state index in [0.717, 1.165) is 16.3 Å². The molecule has 0 saturated heterocycles. The van der Waals surface area contributed by atoms with Crippen LogP contribution in [-0.2, 0) is 4.74 Å². The van der Waals surface area contributed by atoms with Gasteiger partial charge in [-0.1, -0.05) is 0 Å². The highest BCUT2D eigenvalue weighted by Gasteiger charge is 2.06. The Morgan fingerprint density at radius 3 is 3.07 bits per heavy atom. The van der Waals surface area contributed by atoms with E-state index in [1.807, 2.05) is 13.0 Å². The predicted octanol–water partition coefficient (Wildman–Crippen LogP) is 2.00. The van der Waals surface area contributed by atoms with Crippen LogP contribution in [0.2, 0.25) is 0 Å². The molecular formula is C10H12N2OS. The average Bonchev–Trinajstić information content (AvgIpc) is 2.18. The summed E-state index contributed by atoms with van der Waals surface area (Å²) in [4.78, 5) is 4.17. The van der Waals surface area contributed by atoms with Crippen LogP contribution in [0.3, 0.4) is 0 Å². The van der Waals surface area contributed by atoms with Crippen molar-refractivity contribution in [3.8, 4) is 6.07 Å². The van der Waals surface area contributed by atoms with Crippen LogP contribution in [0.4, 0.5) is 0 Å². The molecule has 1 aromatic heterocycles. The first-order valence-corrected chi connectivity index (χ1v) is 5.25. The third-order valence-electron chi connectivity index (χ3n) is 1.76. The summed E-state index contributed by atoms with van der Waals surface area (Å²) in [6.07, 6.45) is 1.73. The largest absolute Gasteiger partial charge is 0.384 e. The van der Waals surface area contributed by atoms with Gasteiger partial charge in [-0.2, -0.15) is 5.26 Å². The summed E-state index contributed by atoms with van der Waals surface area (Å²) >= 11 is 1.55. The van der Waals surface area contributed by atoms with E-state index >= 15 is 0 Å². The molecule has 1 aromatic rings. The van der Waals surface area contributed by atoms with Crippen molar-refractivity contribution in [2.45, 2.75) is 11.9 Å². The first kappa shape index (κ1) is 11.0. The van der Waals surface area contributed by atoms with Crippen molar-refractivity contribution in [2.24, 2.45) is 0 Å². The van der Waals surface area contributed by atoms with E-state index in [0.29, 0.717) is 12.2 Å². The van der Waals surface area contributed by atoms with Crippen molar-refractivity contribution in [3.05, 3.63) is 23.4 Å². The fourth-order valence-corrected chi connectivity index (χ4v) is 1.93. The minimum atomic E-state index is 0.672. The van der Waals surface area contributed by atoms with Gasteiger partial charge in [-0.25, -0.2) is 4.98 Å². The lowest BCUT2D eigenvalue weighted by Gasteiger charge is -2.03. The lowest BCUT2D eigenvalue weighted by molar-refractivity contribution is 0.218. The Morgan fingerprint density at radius 2 is 2.43 bits per heavy atom. The van der Waals surface area contributed by atoms with Crippen LogP contribution in [0, 0.1) is 18.3 Å². The molecule has 0 saturated carbocycles. The number of pyridine rings is 1. The SMILES string of the molecule is COCCSc1nccc(C)c1C#N. The fourth-order valence-electron chi connectivity index (χ4n) is 1.00. The number of ether oxygens (including phenoxy) is 1. The number of nitrogens with zero attached hydrogens (tertiary/aromatic N) is 2. The maximum atomic E-state index is 8.92. The number of nitriles is 1. The van der Waals surface area contributed by atoms with Crippen molar-refractivity contribution in [1.29, 1.82) is 5.26 Å². The molecule has 0 fully saturated rings. The molecule has 1 heterocycles. The monoisotopic (exact) mass is 208 g/mol. The molecule has 1 rings (SSSR count). The van der Waals surface area contributed by atoms with Gasteiger partial charge in [-0.05, 0) is 18.6 Å². The van der Waals surface area contributed by atoms with Crippen LogP contribution >= 0.6 is 11.8 Å². The van der Waals surface area contributed by atoms with E-state index in [9.17, 15) is 0 Å². The van der Waals surface area contributed by atoms with Gasteiger partial charge in [0.2, 0.25) is 0 Å². The van der Waals surface area contributed by atoms with Gasteiger partial charge in [-0.15, -0.1) is 11.8 Å². The van der Waals surface area contributed by atoms with Crippen molar-refractivity contribution >= 4 is 11.8 Å². The van der Waals surface area contributed by atoms with Crippen LogP contribution in [0.5, 0.6) is 0 Å². The topological polar surface area (TPSA) is 45.9 Å². The minimum Gasteiger partial charge on any atom is -0.384 e. The third kappa shape index (κ3) is 2.72. The summed E-state index contributed by atoms with van der Waals surface area (Å²) in [5.41, 5.74) is 1.65. The quantitative estimate of drug-likeness (QED) is 0.561. The van der Waals surface area contributed by atoms with Crippen LogP contribution in [0.1, 0.15) is 11.1 Å². The summed E-state index contributed by atoms with van der Waals surface area (Å²) in [5, 5.41) is 9.72. The molecule has 0 atom stereocenters. The zero-order valence-corrected chi connectivity index (χ0v) is 9.10. The number of methoxy groups -OCH3 is 1. The number of hydrogen-bond donors (Lipinski definition) is 0. The van der Waals surface area contributed by atoms with Gasteiger partial charge in [0, 0.05) is 19.1 Å². The normalized spacial score (nSPS) is 9.79. The molecule has 0 aliphatic heterocycles. The van der Waals surface area contributed by atoms with E-state index in [-0.39, 0.29) is 0 Å². The van der Waals surface area contributed by atoms with Crippen molar-refractivity contribution in [2.75, 3.05) is 19.5 Å². The van der Waals surface area contributed by atoms with E-state index < -0.39 is 0 Å². The summed E-state index contributed by atoms with van der Waals surface area (Å²) in [5.74, 6) is 0.821. The summed E-state index contributed by atoms with van der Waals surface area (Å²) in [6.45, 7) is 2.59. The lowest BCUT2D eigenvalue weighted by atomic mass is 10.2. The number of hydrogen-bond acceptors (Lipinski definition) is 4. The average molecular weight is 208 g/mol. The molecule has 74 valence electrons. The van der Waals surface area contributed by atoms with Crippen LogP contribution in [0.15, 0.2) is 17.3 Å². The molecule has 0 unspecified atom stereocenters. The first-order chi connectivity index (χ1) is 6.79. The number of rotatable bonds is 4. The van der Waals surface area contributed by atoms with Crippen molar-refractivity contribution in [3.63, 3.8) is 0 Å². The summed E-state index contributed by atoms with van der Waals surface area (Å²) in [6, 6.07) is 4.01. The van der Waals surface area contributed by atoms with E-state index in [4.69, 9.17) is 10.00 Å². The standard InChI is InChI=1S/C10H12N2OS/c1-8-3-4-12-10(9(8)7-11)14-6-5-13-2/h3-4H,5-6H2,1-2H3. The number of aryl methyl sites for hydroxylation is 1. The molecule has 14 heavy (non-hydrogen) atoms. The Morgan fingerprint density at radius 1 is 1.64 bits per heavy atom. The van der Waals surface area contributed by atoms with Gasteiger partial charge >= 0.3 is 0 Å². The third-order valence-corrected chi connectivity index (χ3v) is 2.72. The maximum absolute atomic E-state index is 8.92. The van der Waals surface area contributed by atoms with Gasteiger partial charge in [0.1, 0.15) is 11.1 Å². The molecule has 4 heteroatoms. The maximum Gasteiger partial charge on any atom is 0.114 e. The Kier molecular flexibility index (Phi) is 4.44. The van der Waals surface area contributed by atoms with Gasteiger partial charge in [0.15, 0.2) is 0 Å². The predicted molar refractivity (Wildman–Crippen MR) is 56.3 cm³/mol. The molecule has 0 radical (unpaired) electrons. The molecule has 0 N–H and O–H groups in total. The lowest BCUT2D eigenvalue weighted by Crippen LogP contribution is -1.95. The van der Waals surface area contributed by atoms with Gasteiger partial charge in [-0.3, -0.25) is 0 Å². The molecule has 0 aliphatic rings. The van der Waals surface area contributed by atoms with Crippen LogP contribution < -0.4 is 0 Å². The zero-order valence-electron chi connectivity index (χ0n) is 8.28. The second-order valence-corrected chi connectivity index (χ2v) is 3.84. The summed E-state index contributed by atoms with van der Waals surface area (Å²) in [7, 11) is 1.66. The number of thioether (sulfide) groups is 1. The van der Waals surface area contributed by atoms with Gasteiger partial charge in [0.25, 0.3) is 0 Å². The van der Waals surface area contributed by atoms with E-state index in [1.54, 1.807) is 25.1 Å². The Bertz CT molecular complexity index is 346. The molecule has 0 bridgehead atoms. The van der Waals surface area contributed by atoms with Crippen LogP contribution in [-0.4, -0.2) is 24.5 Å². The van der Waals surface area contributed by atoms with Gasteiger partial charge < -0.3 is 4.74 Å². The van der Waals surface area contributed by atoms with E-state index in [2.05, 4.69) is 11.1 Å². The van der Waals surface area contributed by atoms with E-state index in [1.165, 1.54) is 0 Å². The Balaban J connectivity index is 2.76. The Labute approximate surface area is 88.1 Å². The fraction of sp³-hybridized carbons (Fsp3) is 0.400. The molecular weight excluding hydrogens is 196 g/mol. The number of aromatic nitrogens is 1. The van der Waals surface area contributed by atoms with Crippen molar-refractivity contribution in [1.82, 2.24) is 4.98 Å². The highest BCUT2D eigenvalue weighted by molar-refractivity contribution is 7.99. The molecule has 0 aromatic carbocycles. The van der Waals surface area contributed by atoms with Crippen LogP contribution in [0.25, 0.3) is 0 Å². The smallest absolute Gasteiger partial charge is 0.114 e. The highest BCUT2D eigenvalue weighted by Crippen LogP contribution is 2.21. The second-order valence-electron chi connectivity index (χ2n) is 2.76. The highest BCUT2D eigenvalue weighted by atomic mass is 32.2. The molecule has 0 amide bonds. The molecule has 3 nitrogen and oxygen atoms in total. The minimum absolute atomic E-state index is 0.672. The van der Waals surface area contributed by atoms with Gasteiger partial charge in [0.05, 0.1) is 12.2 Å².